The Kier molecular flexibility index (Phi) is 6.51. The van der Waals surface area contributed by atoms with Gasteiger partial charge in [0.1, 0.15) is 0 Å². The Labute approximate surface area is 187 Å². The van der Waals surface area contributed by atoms with Crippen molar-refractivity contribution in [3.8, 4) is 0 Å². The maximum absolute atomic E-state index is 11.5. The first-order valence-corrected chi connectivity index (χ1v) is 10.9. The first kappa shape index (κ1) is 22.3. The van der Waals surface area contributed by atoms with Crippen LogP contribution in [0.1, 0.15) is 30.1 Å². The number of aliphatic hydroxyl groups is 1. The minimum Gasteiger partial charge on any atom is -0.391 e. The number of nitrogens with two attached hydrogens (primary N) is 3. The van der Waals surface area contributed by atoms with Crippen LogP contribution in [-0.4, -0.2) is 76.3 Å². The molecule has 8 N–H and O–H groups in total. The number of benzene rings is 1. The van der Waals surface area contributed by atoms with Crippen LogP contribution >= 0.6 is 0 Å². The van der Waals surface area contributed by atoms with E-state index < -0.39 is 6.10 Å². The van der Waals surface area contributed by atoms with Crippen molar-refractivity contribution in [2.75, 3.05) is 41.3 Å². The number of nitrogens with zero attached hydrogens (tertiary/aromatic N) is 5. The van der Waals surface area contributed by atoms with Crippen LogP contribution in [0.4, 0.5) is 23.5 Å². The van der Waals surface area contributed by atoms with Gasteiger partial charge >= 0.3 is 0 Å². The summed E-state index contributed by atoms with van der Waals surface area (Å²) in [6.45, 7) is 3.49. The highest BCUT2D eigenvalue weighted by atomic mass is 16.3. The zero-order chi connectivity index (χ0) is 22.8. The lowest BCUT2D eigenvalue weighted by atomic mass is 10.0. The molecule has 3 heterocycles. The van der Waals surface area contributed by atoms with Gasteiger partial charge < -0.3 is 37.4 Å². The maximum atomic E-state index is 11.5. The molecule has 172 valence electrons. The molecular formula is C21H31N9O2. The molecule has 0 radical (unpaired) electrons. The molecule has 0 unspecified atom stereocenters. The van der Waals surface area contributed by atoms with E-state index in [-0.39, 0.29) is 23.9 Å². The molecule has 2 aromatic rings. The average molecular weight is 442 g/mol. The summed E-state index contributed by atoms with van der Waals surface area (Å²) in [7, 11) is 0. The number of piperidine rings is 1. The normalized spacial score (nSPS) is 25.8. The summed E-state index contributed by atoms with van der Waals surface area (Å²) in [6.07, 6.45) is 0.818. The molecule has 4 rings (SSSR count). The fraction of sp³-hybridized carbons (Fsp3) is 0.524. The summed E-state index contributed by atoms with van der Waals surface area (Å²) in [5.41, 5.74) is 19.7. The standard InChI is InChI=1S/C21H31N9O2/c1-12(31)13-2-4-16(5-3-13)25-19-26-20(29-9-14(23)6-15(24)10-29)28-21(27-19)30-11-18(32)7-17(30)8-22/h2-5,14-15,17-18,32H,6-11,22-24H2,1H3,(H,25,26,27,28)/t14-,15+,17-,18+/m0/s1. The van der Waals surface area contributed by atoms with E-state index >= 15 is 0 Å². The lowest BCUT2D eigenvalue weighted by Gasteiger charge is -2.35. The monoisotopic (exact) mass is 441 g/mol. The van der Waals surface area contributed by atoms with Crippen molar-refractivity contribution in [2.45, 2.75) is 44.0 Å². The second-order valence-corrected chi connectivity index (χ2v) is 8.61. The maximum Gasteiger partial charge on any atom is 0.233 e. The number of hydrogen-bond donors (Lipinski definition) is 5. The molecule has 2 aliphatic heterocycles. The van der Waals surface area contributed by atoms with Gasteiger partial charge in [-0.05, 0) is 44.0 Å². The van der Waals surface area contributed by atoms with E-state index in [1.165, 1.54) is 6.92 Å². The largest absolute Gasteiger partial charge is 0.391 e. The van der Waals surface area contributed by atoms with Gasteiger partial charge in [-0.2, -0.15) is 15.0 Å². The molecule has 2 saturated heterocycles. The highest BCUT2D eigenvalue weighted by molar-refractivity contribution is 5.94. The van der Waals surface area contributed by atoms with Crippen molar-refractivity contribution in [3.63, 3.8) is 0 Å². The van der Waals surface area contributed by atoms with Gasteiger partial charge in [0.25, 0.3) is 0 Å². The second kappa shape index (κ2) is 9.33. The highest BCUT2D eigenvalue weighted by Gasteiger charge is 2.33. The van der Waals surface area contributed by atoms with Gasteiger partial charge in [-0.1, -0.05) is 0 Å². The number of aromatic nitrogens is 3. The van der Waals surface area contributed by atoms with Crippen molar-refractivity contribution in [3.05, 3.63) is 29.8 Å². The van der Waals surface area contributed by atoms with Crippen LogP contribution in [0.25, 0.3) is 0 Å². The number of Topliss-reactive ketones (excluding diaryl/α,β-unsaturated/α-hetero) is 1. The zero-order valence-electron chi connectivity index (χ0n) is 18.2. The number of aliphatic hydroxyl groups excluding tert-OH is 1. The molecule has 0 bridgehead atoms. The summed E-state index contributed by atoms with van der Waals surface area (Å²) >= 11 is 0. The Morgan fingerprint density at radius 1 is 1.06 bits per heavy atom. The van der Waals surface area contributed by atoms with Gasteiger partial charge in [0.2, 0.25) is 17.8 Å². The SMILES string of the molecule is CC(=O)c1ccc(Nc2nc(N3C[C@H](N)C[C@H](N)C3)nc(N3C[C@H](O)C[C@H]3CN)n2)cc1. The van der Waals surface area contributed by atoms with Crippen LogP contribution in [-0.2, 0) is 0 Å². The molecule has 1 aromatic carbocycles. The Morgan fingerprint density at radius 2 is 1.72 bits per heavy atom. The van der Waals surface area contributed by atoms with Crippen molar-refractivity contribution < 1.29 is 9.90 Å². The Balaban J connectivity index is 1.67. The van der Waals surface area contributed by atoms with Crippen LogP contribution in [0.3, 0.4) is 0 Å². The van der Waals surface area contributed by atoms with Crippen molar-refractivity contribution in [1.29, 1.82) is 0 Å². The topological polar surface area (TPSA) is 173 Å². The van der Waals surface area contributed by atoms with Gasteiger partial charge in [-0.3, -0.25) is 4.79 Å². The number of anilines is 4. The van der Waals surface area contributed by atoms with Gasteiger partial charge in [-0.25, -0.2) is 0 Å². The first-order chi connectivity index (χ1) is 15.3. The average Bonchev–Trinajstić information content (AvgIpc) is 3.14. The van der Waals surface area contributed by atoms with E-state index in [9.17, 15) is 9.90 Å². The Morgan fingerprint density at radius 3 is 2.34 bits per heavy atom. The van der Waals surface area contributed by atoms with Crippen LogP contribution in [0.2, 0.25) is 0 Å². The molecule has 0 spiro atoms. The number of hydrogen-bond acceptors (Lipinski definition) is 11. The lowest BCUT2D eigenvalue weighted by Crippen LogP contribution is -2.53. The minimum atomic E-state index is -0.490. The number of carbonyl (C=O) groups is 1. The van der Waals surface area contributed by atoms with E-state index in [1.807, 2.05) is 9.80 Å². The van der Waals surface area contributed by atoms with Gasteiger partial charge in [0, 0.05) is 55.6 Å². The zero-order valence-corrected chi connectivity index (χ0v) is 18.2. The predicted octanol–water partition coefficient (Wildman–Crippen LogP) is -0.419. The van der Waals surface area contributed by atoms with E-state index in [0.29, 0.717) is 56.0 Å². The number of β-amino-alcohol motifs (C(OH)–C–C–N with tert-alkyl or cyclic N) is 1. The summed E-state index contributed by atoms with van der Waals surface area (Å²) in [5, 5.41) is 13.4. The smallest absolute Gasteiger partial charge is 0.233 e. The molecule has 1 aromatic heterocycles. The minimum absolute atomic E-state index is 0.000484. The third-order valence-corrected chi connectivity index (χ3v) is 5.88. The Bertz CT molecular complexity index is 945. The summed E-state index contributed by atoms with van der Waals surface area (Å²) in [4.78, 5) is 29.3. The molecular weight excluding hydrogens is 410 g/mol. The quantitative estimate of drug-likeness (QED) is 0.368. The summed E-state index contributed by atoms with van der Waals surface area (Å²) in [6, 6.07) is 6.90. The second-order valence-electron chi connectivity index (χ2n) is 8.61. The van der Waals surface area contributed by atoms with E-state index in [0.717, 1.165) is 12.1 Å². The van der Waals surface area contributed by atoms with Crippen molar-refractivity contribution >= 4 is 29.3 Å². The van der Waals surface area contributed by atoms with Crippen LogP contribution in [0, 0.1) is 0 Å². The number of ketones is 1. The Hall–Kier alpha value is -2.86. The van der Waals surface area contributed by atoms with Crippen LogP contribution < -0.4 is 32.3 Å². The fourth-order valence-corrected chi connectivity index (χ4v) is 4.30. The van der Waals surface area contributed by atoms with Gasteiger partial charge in [0.15, 0.2) is 5.78 Å². The number of carbonyl (C=O) groups excluding carboxylic acids is 1. The molecule has 0 saturated carbocycles. The lowest BCUT2D eigenvalue weighted by molar-refractivity contribution is 0.101. The van der Waals surface area contributed by atoms with E-state index in [4.69, 9.17) is 17.2 Å². The molecule has 0 aliphatic carbocycles. The van der Waals surface area contributed by atoms with Crippen molar-refractivity contribution in [1.82, 2.24) is 15.0 Å². The van der Waals surface area contributed by atoms with E-state index in [2.05, 4.69) is 20.3 Å². The molecule has 0 amide bonds. The van der Waals surface area contributed by atoms with Gasteiger partial charge in [-0.15, -0.1) is 0 Å². The molecule has 32 heavy (non-hydrogen) atoms. The molecule has 2 aliphatic rings. The molecule has 11 nitrogen and oxygen atoms in total. The molecule has 2 fully saturated rings. The number of rotatable bonds is 6. The van der Waals surface area contributed by atoms with Crippen LogP contribution in [0.15, 0.2) is 24.3 Å². The summed E-state index contributed by atoms with van der Waals surface area (Å²) < 4.78 is 0. The number of nitrogens with one attached hydrogen (secondary N) is 1. The van der Waals surface area contributed by atoms with Crippen molar-refractivity contribution in [2.24, 2.45) is 17.2 Å². The van der Waals surface area contributed by atoms with E-state index in [1.54, 1.807) is 24.3 Å². The molecule has 4 atom stereocenters. The molecule has 11 heteroatoms. The third-order valence-electron chi connectivity index (χ3n) is 5.88. The van der Waals surface area contributed by atoms with Crippen LogP contribution in [0.5, 0.6) is 0 Å². The summed E-state index contributed by atoms with van der Waals surface area (Å²) in [5.74, 6) is 1.27. The third kappa shape index (κ3) is 4.96. The van der Waals surface area contributed by atoms with Gasteiger partial charge in [0.05, 0.1) is 6.10 Å². The predicted molar refractivity (Wildman–Crippen MR) is 123 cm³/mol. The highest BCUT2D eigenvalue weighted by Crippen LogP contribution is 2.27. The first-order valence-electron chi connectivity index (χ1n) is 10.9. The fourth-order valence-electron chi connectivity index (χ4n) is 4.30.